The maximum absolute atomic E-state index is 4.97. The van der Waals surface area contributed by atoms with Crippen molar-refractivity contribution in [3.8, 4) is 0 Å². The molecule has 0 bridgehead atoms. The topological polar surface area (TPSA) is 18.5 Å². The zero-order valence-electron chi connectivity index (χ0n) is 6.39. The Kier molecular flexibility index (Phi) is 6.35. The summed E-state index contributed by atoms with van der Waals surface area (Å²) < 4.78 is 9.95. The second kappa shape index (κ2) is 6.26. The highest BCUT2D eigenvalue weighted by Gasteiger charge is 2.01. The van der Waals surface area contributed by atoms with Crippen molar-refractivity contribution in [2.75, 3.05) is 14.2 Å². The smallest absolute Gasteiger partial charge is 0.156 e. The molecule has 0 spiro atoms. The van der Waals surface area contributed by atoms with Gasteiger partial charge in [-0.15, -0.1) is 0 Å². The summed E-state index contributed by atoms with van der Waals surface area (Å²) in [6.07, 6.45) is 2.09. The van der Waals surface area contributed by atoms with Crippen LogP contribution in [-0.4, -0.2) is 30.8 Å². The van der Waals surface area contributed by atoms with Crippen molar-refractivity contribution >= 4 is 10.2 Å². The molecule has 0 aromatic heterocycles. The van der Waals surface area contributed by atoms with Gasteiger partial charge in [0.2, 0.25) is 0 Å². The Morgan fingerprint density at radius 1 is 1.44 bits per heavy atom. The Hall–Kier alpha value is 0.137. The molecule has 0 N–H and O–H groups in total. The van der Waals surface area contributed by atoms with E-state index in [9.17, 15) is 0 Å². The number of ether oxygens (including phenoxy) is 2. The molecule has 0 fully saturated rings. The third-order valence-electron chi connectivity index (χ3n) is 1.22. The van der Waals surface area contributed by atoms with Gasteiger partial charge < -0.3 is 9.47 Å². The van der Waals surface area contributed by atoms with E-state index in [1.165, 1.54) is 0 Å². The average molecular weight is 147 g/mol. The van der Waals surface area contributed by atoms with Crippen molar-refractivity contribution in [1.29, 1.82) is 0 Å². The first-order valence-corrected chi connectivity index (χ1v) is 4.34. The van der Waals surface area contributed by atoms with E-state index in [0.717, 1.165) is 23.1 Å². The Morgan fingerprint density at radius 3 is 2.33 bits per heavy atom. The van der Waals surface area contributed by atoms with Crippen molar-refractivity contribution < 1.29 is 9.47 Å². The minimum atomic E-state index is -0.00444. The SMILES string of the molecule is COC(CC[CH][SiH3])OC. The summed E-state index contributed by atoms with van der Waals surface area (Å²) in [6.45, 7) is 0. The largest absolute Gasteiger partial charge is 0.356 e. The normalized spacial score (nSPS) is 11.0. The third kappa shape index (κ3) is 4.63. The predicted molar refractivity (Wildman–Crippen MR) is 41.3 cm³/mol. The van der Waals surface area contributed by atoms with Crippen LogP contribution in [0.2, 0.25) is 0 Å². The second-order valence-corrected chi connectivity index (χ2v) is 2.70. The van der Waals surface area contributed by atoms with Gasteiger partial charge in [-0.25, -0.2) is 0 Å². The zero-order chi connectivity index (χ0) is 7.11. The molecule has 0 saturated heterocycles. The molecule has 2 nitrogen and oxygen atoms in total. The Labute approximate surface area is 60.0 Å². The average Bonchev–Trinajstić information content (AvgIpc) is 1.91. The van der Waals surface area contributed by atoms with Crippen LogP contribution in [0.1, 0.15) is 12.8 Å². The summed E-state index contributed by atoms with van der Waals surface area (Å²) in [5.41, 5.74) is 0. The van der Waals surface area contributed by atoms with Gasteiger partial charge in [-0.3, -0.25) is 0 Å². The van der Waals surface area contributed by atoms with Crippen LogP contribution in [0.15, 0.2) is 0 Å². The second-order valence-electron chi connectivity index (χ2n) is 1.89. The highest BCUT2D eigenvalue weighted by Crippen LogP contribution is 2.01. The predicted octanol–water partition coefficient (Wildman–Crippen LogP) is -0.0873. The summed E-state index contributed by atoms with van der Waals surface area (Å²) in [5.74, 6) is 0. The number of hydrogen-bond donors (Lipinski definition) is 0. The van der Waals surface area contributed by atoms with E-state index in [-0.39, 0.29) is 6.29 Å². The van der Waals surface area contributed by atoms with Crippen LogP contribution in [0.4, 0.5) is 0 Å². The first-order chi connectivity index (χ1) is 4.35. The molecule has 3 heteroatoms. The molecule has 0 aromatic carbocycles. The van der Waals surface area contributed by atoms with Crippen LogP contribution < -0.4 is 0 Å². The molecule has 0 aliphatic heterocycles. The minimum absolute atomic E-state index is 0.00444. The molecule has 0 heterocycles. The Morgan fingerprint density at radius 2 is 2.00 bits per heavy atom. The van der Waals surface area contributed by atoms with Gasteiger partial charge in [-0.1, -0.05) is 6.04 Å². The molecule has 0 rings (SSSR count). The van der Waals surface area contributed by atoms with E-state index in [2.05, 4.69) is 6.04 Å². The van der Waals surface area contributed by atoms with Crippen molar-refractivity contribution in [2.45, 2.75) is 19.1 Å². The Balaban J connectivity index is 3.09. The fraction of sp³-hybridized carbons (Fsp3) is 0.833. The lowest BCUT2D eigenvalue weighted by molar-refractivity contribution is -0.105. The molecule has 0 unspecified atom stereocenters. The van der Waals surface area contributed by atoms with Gasteiger partial charge in [0.15, 0.2) is 6.29 Å². The monoisotopic (exact) mass is 147 g/mol. The van der Waals surface area contributed by atoms with Crippen molar-refractivity contribution in [3.63, 3.8) is 0 Å². The van der Waals surface area contributed by atoms with Crippen LogP contribution in [0, 0.1) is 6.04 Å². The van der Waals surface area contributed by atoms with Crippen LogP contribution in [0.3, 0.4) is 0 Å². The molecule has 0 aromatic rings. The number of rotatable bonds is 5. The van der Waals surface area contributed by atoms with Gasteiger partial charge in [-0.05, 0) is 12.8 Å². The maximum atomic E-state index is 4.97. The van der Waals surface area contributed by atoms with Gasteiger partial charge in [-0.2, -0.15) is 0 Å². The van der Waals surface area contributed by atoms with E-state index >= 15 is 0 Å². The highest BCUT2D eigenvalue weighted by atomic mass is 28.1. The van der Waals surface area contributed by atoms with Gasteiger partial charge in [0.05, 0.1) is 0 Å². The summed E-state index contributed by atoms with van der Waals surface area (Å²) in [7, 11) is 4.50. The molecular weight excluding hydrogens is 132 g/mol. The van der Waals surface area contributed by atoms with E-state index in [1.54, 1.807) is 14.2 Å². The van der Waals surface area contributed by atoms with Crippen LogP contribution >= 0.6 is 0 Å². The van der Waals surface area contributed by atoms with Crippen molar-refractivity contribution in [1.82, 2.24) is 0 Å². The first kappa shape index (κ1) is 9.14. The molecule has 1 radical (unpaired) electrons. The summed E-state index contributed by atoms with van der Waals surface area (Å²) >= 11 is 0. The maximum Gasteiger partial charge on any atom is 0.156 e. The molecule has 0 atom stereocenters. The van der Waals surface area contributed by atoms with E-state index in [4.69, 9.17) is 9.47 Å². The molecule has 0 amide bonds. The minimum Gasteiger partial charge on any atom is -0.356 e. The zero-order valence-corrected chi connectivity index (χ0v) is 8.39. The van der Waals surface area contributed by atoms with Gasteiger partial charge in [0, 0.05) is 24.5 Å². The van der Waals surface area contributed by atoms with Crippen LogP contribution in [0.25, 0.3) is 0 Å². The summed E-state index contributed by atoms with van der Waals surface area (Å²) in [4.78, 5) is 0. The lowest BCUT2D eigenvalue weighted by atomic mass is 10.3. The summed E-state index contributed by atoms with van der Waals surface area (Å²) in [6, 6.07) is 2.24. The fourth-order valence-corrected chi connectivity index (χ4v) is 0.968. The van der Waals surface area contributed by atoms with Crippen molar-refractivity contribution in [3.05, 3.63) is 6.04 Å². The van der Waals surface area contributed by atoms with Crippen molar-refractivity contribution in [2.24, 2.45) is 0 Å². The van der Waals surface area contributed by atoms with E-state index in [0.29, 0.717) is 0 Å². The first-order valence-electron chi connectivity index (χ1n) is 3.18. The molecule has 9 heavy (non-hydrogen) atoms. The quantitative estimate of drug-likeness (QED) is 0.400. The lowest BCUT2D eigenvalue weighted by Crippen LogP contribution is -2.12. The molecule has 0 saturated carbocycles. The number of methoxy groups -OCH3 is 2. The van der Waals surface area contributed by atoms with E-state index in [1.807, 2.05) is 0 Å². The van der Waals surface area contributed by atoms with Gasteiger partial charge in [0.1, 0.15) is 0 Å². The highest BCUT2D eigenvalue weighted by molar-refractivity contribution is 6.14. The standard InChI is InChI=1S/C6H15O2Si/c1-7-6(8-2)4-3-5-9/h5-6H,3-4H2,1-2,9H3. The van der Waals surface area contributed by atoms with E-state index < -0.39 is 0 Å². The van der Waals surface area contributed by atoms with Gasteiger partial charge in [0.25, 0.3) is 0 Å². The molecular formula is C6H15O2Si. The molecule has 0 aliphatic rings. The van der Waals surface area contributed by atoms with Crippen LogP contribution in [0.5, 0.6) is 0 Å². The third-order valence-corrected chi connectivity index (χ3v) is 1.79. The molecule has 55 valence electrons. The fourth-order valence-electron chi connectivity index (χ4n) is 0.635. The summed E-state index contributed by atoms with van der Waals surface area (Å²) in [5, 5.41) is 0. The molecule has 0 aliphatic carbocycles. The number of hydrogen-bond acceptors (Lipinski definition) is 2. The Bertz CT molecular complexity index is 55.0. The van der Waals surface area contributed by atoms with Crippen LogP contribution in [-0.2, 0) is 9.47 Å². The van der Waals surface area contributed by atoms with Gasteiger partial charge >= 0.3 is 0 Å². The lowest BCUT2D eigenvalue weighted by Gasteiger charge is -2.11.